The molecular weight excluding hydrogens is 393 g/mol. The summed E-state index contributed by atoms with van der Waals surface area (Å²) >= 11 is 0. The molecular formula is C9H29O12P3. The summed E-state index contributed by atoms with van der Waals surface area (Å²) in [5.41, 5.74) is 0. The van der Waals surface area contributed by atoms with Gasteiger partial charge in [-0.3, -0.25) is 18.2 Å². The Morgan fingerprint density at radius 3 is 1.12 bits per heavy atom. The van der Waals surface area contributed by atoms with Gasteiger partial charge in [0.1, 0.15) is 6.61 Å². The topological polar surface area (TPSA) is 208 Å². The van der Waals surface area contributed by atoms with Crippen molar-refractivity contribution < 1.29 is 57.5 Å². The smallest absolute Gasteiger partial charge is 0.329 e. The second-order valence-corrected chi connectivity index (χ2v) is 10.3. The average molecular weight is 422 g/mol. The first-order chi connectivity index (χ1) is 9.89. The molecule has 2 unspecified atom stereocenters. The van der Waals surface area contributed by atoms with E-state index in [0.717, 1.165) is 13.3 Å². The molecule has 0 amide bonds. The third-order valence-electron chi connectivity index (χ3n) is 0.771. The fourth-order valence-corrected chi connectivity index (χ4v) is 0.321. The van der Waals surface area contributed by atoms with E-state index in [2.05, 4.69) is 9.05 Å². The summed E-state index contributed by atoms with van der Waals surface area (Å²) < 4.78 is 37.6. The summed E-state index contributed by atoms with van der Waals surface area (Å²) in [4.78, 5) is 33.5. The number of hydrogen-bond acceptors (Lipinski definition) is 8. The maximum absolute atomic E-state index is 9.99. The summed E-state index contributed by atoms with van der Waals surface area (Å²) in [6.45, 7) is 3.25. The van der Waals surface area contributed by atoms with Gasteiger partial charge in [-0.25, -0.2) is 4.79 Å². The highest BCUT2D eigenvalue weighted by Crippen LogP contribution is 2.35. The van der Waals surface area contributed by atoms with Gasteiger partial charge < -0.3 is 34.5 Å². The average Bonchev–Trinajstić information content (AvgIpc) is 2.25. The molecule has 0 aromatic rings. The van der Waals surface area contributed by atoms with Crippen molar-refractivity contribution in [3.8, 4) is 0 Å². The van der Waals surface area contributed by atoms with Crippen molar-refractivity contribution in [1.29, 1.82) is 0 Å². The zero-order valence-electron chi connectivity index (χ0n) is 13.4. The lowest BCUT2D eigenvalue weighted by Gasteiger charge is -1.99. The van der Waals surface area contributed by atoms with Gasteiger partial charge in [0.25, 0.3) is 0 Å². The molecule has 0 fully saturated rings. The third kappa shape index (κ3) is 121. The normalized spacial score (nSPS) is 14.4. The van der Waals surface area contributed by atoms with Crippen LogP contribution in [-0.2, 0) is 27.5 Å². The van der Waals surface area contributed by atoms with Crippen molar-refractivity contribution in [3.63, 3.8) is 0 Å². The molecule has 0 aromatic heterocycles. The molecule has 0 aliphatic rings. The van der Waals surface area contributed by atoms with Gasteiger partial charge in [-0.2, -0.15) is 0 Å². The Morgan fingerprint density at radius 1 is 0.917 bits per heavy atom. The van der Waals surface area contributed by atoms with Crippen LogP contribution >= 0.6 is 22.6 Å². The number of aliphatic hydroxyl groups excluding tert-OH is 2. The molecule has 0 saturated carbocycles. The molecule has 0 heterocycles. The number of carbonyl (C=O) groups is 1. The van der Waals surface area contributed by atoms with Crippen LogP contribution in [-0.4, -0.2) is 83.1 Å². The Bertz CT molecular complexity index is 411. The minimum absolute atomic E-state index is 0. The van der Waals surface area contributed by atoms with E-state index in [-0.39, 0.29) is 7.43 Å². The first-order valence-electron chi connectivity index (χ1n) is 5.41. The van der Waals surface area contributed by atoms with E-state index in [1.165, 1.54) is 20.4 Å². The highest BCUT2D eigenvalue weighted by Gasteiger charge is 2.06. The van der Waals surface area contributed by atoms with Crippen LogP contribution in [0, 0.1) is 0 Å². The fraction of sp³-hybridized carbons (Fsp3) is 0.889. The molecule has 152 valence electrons. The number of aliphatic carboxylic acids is 1. The van der Waals surface area contributed by atoms with E-state index in [4.69, 9.17) is 34.8 Å². The van der Waals surface area contributed by atoms with Crippen molar-refractivity contribution in [2.45, 2.75) is 7.43 Å². The molecule has 0 spiro atoms. The molecule has 0 saturated heterocycles. The Hall–Kier alpha value is -0.120. The van der Waals surface area contributed by atoms with E-state index in [0.29, 0.717) is 0 Å². The molecule has 0 radical (unpaired) electrons. The zero-order valence-corrected chi connectivity index (χ0v) is 16.1. The monoisotopic (exact) mass is 422 g/mol. The van der Waals surface area contributed by atoms with Gasteiger partial charge in [0.05, 0.1) is 0 Å². The number of carboxylic acids is 1. The predicted octanol–water partition coefficient (Wildman–Crippen LogP) is 0.432. The van der Waals surface area contributed by atoms with Crippen LogP contribution in [0.25, 0.3) is 0 Å². The zero-order chi connectivity index (χ0) is 19.9. The van der Waals surface area contributed by atoms with Crippen LogP contribution in [0.15, 0.2) is 0 Å². The van der Waals surface area contributed by atoms with Crippen molar-refractivity contribution in [2.75, 3.05) is 47.2 Å². The van der Waals surface area contributed by atoms with E-state index in [1.807, 2.05) is 0 Å². The lowest BCUT2D eigenvalue weighted by molar-refractivity contribution is -0.140. The van der Waals surface area contributed by atoms with Crippen molar-refractivity contribution in [3.05, 3.63) is 0 Å². The Kier molecular flexibility index (Phi) is 25.9. The Labute approximate surface area is 141 Å². The van der Waals surface area contributed by atoms with Crippen LogP contribution in [0.2, 0.25) is 0 Å². The highest BCUT2D eigenvalue weighted by atomic mass is 31.2. The molecule has 0 bridgehead atoms. The molecule has 0 aliphatic carbocycles. The summed E-state index contributed by atoms with van der Waals surface area (Å²) in [5.74, 6) is -1.19. The molecule has 12 nitrogen and oxygen atoms in total. The molecule has 2 atom stereocenters. The molecule has 15 heteroatoms. The number of aliphatic hydroxyl groups is 2. The Balaban J connectivity index is -0.0000000666. The molecule has 0 rings (SSSR count). The van der Waals surface area contributed by atoms with Gasteiger partial charge in [-0.05, 0) is 0 Å². The summed E-state index contributed by atoms with van der Waals surface area (Å²) in [7, 11) is -8.01. The van der Waals surface area contributed by atoms with E-state index in [1.54, 1.807) is 0 Å². The fourth-order valence-electron chi connectivity index (χ4n) is 0.107. The summed E-state index contributed by atoms with van der Waals surface area (Å²) in [6.07, 6.45) is 0. The third-order valence-corrected chi connectivity index (χ3v) is 2.04. The van der Waals surface area contributed by atoms with Crippen LogP contribution in [0.3, 0.4) is 0 Å². The largest absolute Gasteiger partial charge is 0.480 e. The Morgan fingerprint density at radius 2 is 1.12 bits per heavy atom. The van der Waals surface area contributed by atoms with Crippen LogP contribution < -0.4 is 0 Å². The predicted molar refractivity (Wildman–Crippen MR) is 89.8 cm³/mol. The number of carboxylic acid groups (broad SMARTS) is 1. The number of hydrogen-bond donors (Lipinski definition) is 6. The van der Waals surface area contributed by atoms with Gasteiger partial charge in [0.2, 0.25) is 0 Å². The standard InChI is InChI=1S/C2H7O4P.C2H7O3P.C2H4O3.C2H7O2P.CH4/c1-7(4,5)6-2-3;1-5-6(2,3)4;3-1-2(4)5;1-5(2,3)4;/h3H,2H2,1H3,(H,4,5);1-2H3,(H,3,4);3H,1H2,(H,4,5);1-2H3,(H,3,4);1H4. The van der Waals surface area contributed by atoms with E-state index < -0.39 is 41.9 Å². The molecule has 0 aromatic carbocycles. The van der Waals surface area contributed by atoms with Crippen LogP contribution in [0.1, 0.15) is 7.43 Å². The van der Waals surface area contributed by atoms with Gasteiger partial charge in [-0.1, -0.05) is 7.43 Å². The lowest BCUT2D eigenvalue weighted by Crippen LogP contribution is -1.98. The minimum Gasteiger partial charge on any atom is -0.480 e. The van der Waals surface area contributed by atoms with Gasteiger partial charge in [0.15, 0.2) is 14.2 Å². The van der Waals surface area contributed by atoms with Crippen molar-refractivity contribution in [1.82, 2.24) is 0 Å². The minimum atomic E-state index is -3.42. The van der Waals surface area contributed by atoms with Gasteiger partial charge in [0, 0.05) is 33.8 Å². The second-order valence-electron chi connectivity index (χ2n) is 3.89. The van der Waals surface area contributed by atoms with Crippen LogP contribution in [0.5, 0.6) is 0 Å². The first-order valence-corrected chi connectivity index (χ1v) is 12.0. The molecule has 24 heavy (non-hydrogen) atoms. The quantitative estimate of drug-likeness (QED) is 0.269. The lowest BCUT2D eigenvalue weighted by atomic mass is 10.8. The second kappa shape index (κ2) is 17.7. The molecule has 6 N–H and O–H groups in total. The molecule has 0 aliphatic heterocycles. The van der Waals surface area contributed by atoms with Gasteiger partial charge >= 0.3 is 21.2 Å². The summed E-state index contributed by atoms with van der Waals surface area (Å²) in [5, 5.41) is 22.9. The maximum Gasteiger partial charge on any atom is 0.329 e. The highest BCUT2D eigenvalue weighted by molar-refractivity contribution is 7.56. The van der Waals surface area contributed by atoms with Crippen molar-refractivity contribution >= 4 is 28.5 Å². The SMILES string of the molecule is C.COP(C)(=O)O.CP(=O)(O)OCO.CP(C)(=O)O.O=C(O)CO. The number of rotatable bonds is 4. The summed E-state index contributed by atoms with van der Waals surface area (Å²) in [6, 6.07) is 0. The van der Waals surface area contributed by atoms with Gasteiger partial charge in [-0.15, -0.1) is 0 Å². The van der Waals surface area contributed by atoms with Crippen LogP contribution in [0.4, 0.5) is 0 Å². The van der Waals surface area contributed by atoms with Crippen molar-refractivity contribution in [2.24, 2.45) is 0 Å². The maximum atomic E-state index is 9.99. The van der Waals surface area contributed by atoms with E-state index >= 15 is 0 Å². The van der Waals surface area contributed by atoms with E-state index in [9.17, 15) is 13.7 Å². The first kappa shape index (κ1) is 35.1.